The third-order valence-electron chi connectivity index (χ3n) is 5.50. The first-order valence-corrected chi connectivity index (χ1v) is 10.6. The van der Waals surface area contributed by atoms with Crippen molar-refractivity contribution < 1.29 is 19.1 Å². The first-order valence-electron chi connectivity index (χ1n) is 10.6. The van der Waals surface area contributed by atoms with Gasteiger partial charge in [-0.15, -0.1) is 0 Å². The molecule has 1 atom stereocenters. The van der Waals surface area contributed by atoms with Gasteiger partial charge in [0.05, 0.1) is 0 Å². The van der Waals surface area contributed by atoms with Gasteiger partial charge in [-0.2, -0.15) is 0 Å². The van der Waals surface area contributed by atoms with Crippen molar-refractivity contribution in [1.29, 1.82) is 0 Å². The van der Waals surface area contributed by atoms with Crippen molar-refractivity contribution in [2.75, 3.05) is 13.1 Å². The highest BCUT2D eigenvalue weighted by Crippen LogP contribution is 2.22. The summed E-state index contributed by atoms with van der Waals surface area (Å²) in [6, 6.07) is 15.3. The van der Waals surface area contributed by atoms with Gasteiger partial charge in [-0.3, -0.25) is 14.4 Å². The molecule has 2 amide bonds. The number of esters is 1. The predicted octanol–water partition coefficient (Wildman–Crippen LogP) is 3.23. The molecule has 6 heteroatoms. The molecule has 1 N–H and O–H groups in total. The zero-order valence-electron chi connectivity index (χ0n) is 18.6. The van der Waals surface area contributed by atoms with Crippen molar-refractivity contribution in [3.8, 4) is 0 Å². The summed E-state index contributed by atoms with van der Waals surface area (Å²) < 4.78 is 5.26. The van der Waals surface area contributed by atoms with Crippen LogP contribution in [0.1, 0.15) is 54.7 Å². The van der Waals surface area contributed by atoms with Crippen molar-refractivity contribution in [2.45, 2.75) is 52.2 Å². The Hall–Kier alpha value is -3.15. The lowest BCUT2D eigenvalue weighted by atomic mass is 9.87. The number of rotatable bonds is 5. The molecule has 0 saturated carbocycles. The van der Waals surface area contributed by atoms with Gasteiger partial charge >= 0.3 is 5.97 Å². The number of benzene rings is 2. The zero-order chi connectivity index (χ0) is 22.6. The van der Waals surface area contributed by atoms with Crippen LogP contribution in [0.3, 0.4) is 0 Å². The topological polar surface area (TPSA) is 75.7 Å². The van der Waals surface area contributed by atoms with Crippen molar-refractivity contribution in [3.63, 3.8) is 0 Å². The lowest BCUT2D eigenvalue weighted by Crippen LogP contribution is -2.43. The minimum Gasteiger partial charge on any atom is -0.451 e. The minimum absolute atomic E-state index is 0.00206. The van der Waals surface area contributed by atoms with Crippen LogP contribution in [0.25, 0.3) is 0 Å². The van der Waals surface area contributed by atoms with E-state index in [2.05, 4.69) is 32.2 Å². The number of nitrogens with zero attached hydrogens (tertiary/aromatic N) is 1. The number of ether oxygens (including phenoxy) is 1. The second kappa shape index (κ2) is 9.33. The van der Waals surface area contributed by atoms with Gasteiger partial charge in [0.2, 0.25) is 0 Å². The van der Waals surface area contributed by atoms with Crippen LogP contribution < -0.4 is 5.32 Å². The molecule has 1 aliphatic rings. The highest BCUT2D eigenvalue weighted by molar-refractivity contribution is 5.96. The largest absolute Gasteiger partial charge is 0.451 e. The maximum Gasteiger partial charge on any atom is 0.326 e. The fraction of sp³-hybridized carbons (Fsp3) is 0.400. The molecule has 0 unspecified atom stereocenters. The molecule has 0 spiro atoms. The number of amides is 2. The van der Waals surface area contributed by atoms with Crippen LogP contribution >= 0.6 is 0 Å². The third-order valence-corrected chi connectivity index (χ3v) is 5.50. The molecule has 0 aliphatic carbocycles. The Bertz CT molecular complexity index is 960. The van der Waals surface area contributed by atoms with Gasteiger partial charge in [-0.1, -0.05) is 57.2 Å². The molecular weight excluding hydrogens is 392 g/mol. The summed E-state index contributed by atoms with van der Waals surface area (Å²) in [5, 5.41) is 2.56. The van der Waals surface area contributed by atoms with Crippen molar-refractivity contribution in [1.82, 2.24) is 10.2 Å². The maximum absolute atomic E-state index is 12.7. The first-order chi connectivity index (χ1) is 14.6. The van der Waals surface area contributed by atoms with Crippen LogP contribution in [0, 0.1) is 0 Å². The van der Waals surface area contributed by atoms with Crippen molar-refractivity contribution in [2.24, 2.45) is 0 Å². The number of hydrogen-bond donors (Lipinski definition) is 1. The van der Waals surface area contributed by atoms with E-state index >= 15 is 0 Å². The normalized spacial score (nSPS) is 14.4. The predicted molar refractivity (Wildman–Crippen MR) is 119 cm³/mol. The summed E-state index contributed by atoms with van der Waals surface area (Å²) >= 11 is 0. The molecule has 6 nitrogen and oxygen atoms in total. The van der Waals surface area contributed by atoms with Gasteiger partial charge in [0.1, 0.15) is 6.54 Å². The quantitative estimate of drug-likeness (QED) is 0.751. The Labute approximate surface area is 183 Å². The van der Waals surface area contributed by atoms with Crippen molar-refractivity contribution in [3.05, 3.63) is 70.8 Å². The number of fused-ring (bicyclic) bond motifs is 1. The molecule has 31 heavy (non-hydrogen) atoms. The lowest BCUT2D eigenvalue weighted by molar-refractivity contribution is -0.158. The summed E-state index contributed by atoms with van der Waals surface area (Å²) in [5.41, 5.74) is 3.95. The highest BCUT2D eigenvalue weighted by atomic mass is 16.5. The summed E-state index contributed by atoms with van der Waals surface area (Å²) in [5.74, 6) is -1.23. The van der Waals surface area contributed by atoms with Gasteiger partial charge < -0.3 is 15.0 Å². The highest BCUT2D eigenvalue weighted by Gasteiger charge is 2.27. The van der Waals surface area contributed by atoms with E-state index in [1.165, 1.54) is 5.56 Å². The monoisotopic (exact) mass is 422 g/mol. The van der Waals surface area contributed by atoms with Crippen molar-refractivity contribution >= 4 is 17.8 Å². The van der Waals surface area contributed by atoms with E-state index in [-0.39, 0.29) is 23.8 Å². The standard InChI is InChI=1S/C25H30N2O4/c1-17(24(30)27-14-13-18-7-5-6-8-20(18)16-27)31-22(28)15-26-23(29)19-9-11-21(12-10-19)25(2,3)4/h5-12,17H,13-16H2,1-4H3,(H,26,29)/t17-/m0/s1. The van der Waals surface area contributed by atoms with E-state index in [0.29, 0.717) is 18.7 Å². The van der Waals surface area contributed by atoms with Gasteiger partial charge in [0.25, 0.3) is 11.8 Å². The Morgan fingerprint density at radius 1 is 1.03 bits per heavy atom. The molecule has 0 bridgehead atoms. The maximum atomic E-state index is 12.7. The van der Waals surface area contributed by atoms with E-state index in [4.69, 9.17) is 4.74 Å². The van der Waals surface area contributed by atoms with Crippen LogP contribution in [0.4, 0.5) is 0 Å². The van der Waals surface area contributed by atoms with Gasteiger partial charge in [0, 0.05) is 18.7 Å². The van der Waals surface area contributed by atoms with Gasteiger partial charge in [0.15, 0.2) is 6.10 Å². The minimum atomic E-state index is -0.902. The third kappa shape index (κ3) is 5.72. The SMILES string of the molecule is C[C@H](OC(=O)CNC(=O)c1ccc(C(C)(C)C)cc1)C(=O)N1CCc2ccccc2C1. The average Bonchev–Trinajstić information content (AvgIpc) is 2.76. The first kappa shape index (κ1) is 22.5. The molecule has 0 saturated heterocycles. The molecule has 164 valence electrons. The Kier molecular flexibility index (Phi) is 6.78. The van der Waals surface area contributed by atoms with E-state index in [9.17, 15) is 14.4 Å². The molecule has 3 rings (SSSR count). The number of carbonyl (C=O) groups excluding carboxylic acids is 3. The Morgan fingerprint density at radius 2 is 1.68 bits per heavy atom. The molecule has 0 aromatic heterocycles. The molecule has 2 aromatic carbocycles. The second-order valence-corrected chi connectivity index (χ2v) is 8.92. The smallest absolute Gasteiger partial charge is 0.326 e. The van der Waals surface area contributed by atoms with Crippen LogP contribution in [0.15, 0.2) is 48.5 Å². The van der Waals surface area contributed by atoms with Crippen LogP contribution in [0.5, 0.6) is 0 Å². The molecular formula is C25H30N2O4. The Morgan fingerprint density at radius 3 is 2.32 bits per heavy atom. The van der Waals surface area contributed by atoms with Crippen LogP contribution in [0.2, 0.25) is 0 Å². The molecule has 0 fully saturated rings. The van der Waals surface area contributed by atoms with E-state index in [1.807, 2.05) is 30.3 Å². The second-order valence-electron chi connectivity index (χ2n) is 8.92. The van der Waals surface area contributed by atoms with E-state index in [1.54, 1.807) is 24.0 Å². The molecule has 1 heterocycles. The fourth-order valence-electron chi connectivity index (χ4n) is 3.61. The van der Waals surface area contributed by atoms with E-state index in [0.717, 1.165) is 17.5 Å². The average molecular weight is 423 g/mol. The molecule has 1 aliphatic heterocycles. The summed E-state index contributed by atoms with van der Waals surface area (Å²) in [4.78, 5) is 38.8. The van der Waals surface area contributed by atoms with Crippen LogP contribution in [-0.2, 0) is 32.7 Å². The number of carbonyl (C=O) groups is 3. The zero-order valence-corrected chi connectivity index (χ0v) is 18.6. The summed E-state index contributed by atoms with van der Waals surface area (Å²) in [6.07, 6.45) is -0.118. The molecule has 0 radical (unpaired) electrons. The fourth-order valence-corrected chi connectivity index (χ4v) is 3.61. The molecule has 2 aromatic rings. The van der Waals surface area contributed by atoms with E-state index < -0.39 is 12.1 Å². The number of nitrogens with one attached hydrogen (secondary N) is 1. The lowest BCUT2D eigenvalue weighted by Gasteiger charge is -2.30. The van der Waals surface area contributed by atoms with Crippen LogP contribution in [-0.4, -0.2) is 41.9 Å². The van der Waals surface area contributed by atoms with Gasteiger partial charge in [-0.25, -0.2) is 0 Å². The summed E-state index contributed by atoms with van der Waals surface area (Å²) in [7, 11) is 0. The summed E-state index contributed by atoms with van der Waals surface area (Å²) in [6.45, 7) is 8.68. The van der Waals surface area contributed by atoms with Gasteiger partial charge in [-0.05, 0) is 47.6 Å². The Balaban J connectivity index is 1.48. The number of hydrogen-bond acceptors (Lipinski definition) is 4.